The molecule has 0 aliphatic heterocycles. The van der Waals surface area contributed by atoms with Crippen LogP contribution in [0, 0.1) is 6.92 Å². The summed E-state index contributed by atoms with van der Waals surface area (Å²) in [5, 5.41) is 9.07. The fourth-order valence-corrected chi connectivity index (χ4v) is 3.12. The van der Waals surface area contributed by atoms with Crippen LogP contribution in [0.2, 0.25) is 0 Å². The lowest BCUT2D eigenvalue weighted by Crippen LogP contribution is -2.09. The number of aromatic nitrogens is 7. The maximum atomic E-state index is 5.78. The number of para-hydroxylation sites is 1. The van der Waals surface area contributed by atoms with Gasteiger partial charge in [-0.3, -0.25) is 0 Å². The fraction of sp³-hybridized carbons (Fsp3) is 0.316. The molecule has 0 bridgehead atoms. The van der Waals surface area contributed by atoms with E-state index in [2.05, 4.69) is 17.0 Å². The standard InChI is InChI=1S/C19H21N7O/c1-4-8-16-22-13(3)17-19(25-12-20-11-21-25)23-18(24-26(16)17)14-9-6-7-10-15(14)27-5-2/h6-7,9-12H,4-5,8H2,1-3H3. The summed E-state index contributed by atoms with van der Waals surface area (Å²) in [5.41, 5.74) is 2.53. The second kappa shape index (κ2) is 7.14. The number of benzene rings is 1. The lowest BCUT2D eigenvalue weighted by atomic mass is 10.2. The van der Waals surface area contributed by atoms with Crippen LogP contribution in [0.1, 0.15) is 31.8 Å². The highest BCUT2D eigenvalue weighted by Crippen LogP contribution is 2.29. The van der Waals surface area contributed by atoms with Crippen molar-refractivity contribution in [2.75, 3.05) is 6.61 Å². The van der Waals surface area contributed by atoms with Crippen LogP contribution in [0.15, 0.2) is 36.9 Å². The topological polar surface area (TPSA) is 83.0 Å². The molecule has 3 aromatic heterocycles. The summed E-state index contributed by atoms with van der Waals surface area (Å²) in [4.78, 5) is 13.6. The summed E-state index contributed by atoms with van der Waals surface area (Å²) < 4.78 is 9.30. The van der Waals surface area contributed by atoms with Crippen LogP contribution in [-0.4, -0.2) is 41.0 Å². The Hall–Kier alpha value is -3.29. The number of fused-ring (bicyclic) bond motifs is 1. The van der Waals surface area contributed by atoms with Crippen LogP contribution in [0.4, 0.5) is 0 Å². The Morgan fingerprint density at radius 1 is 1.11 bits per heavy atom. The Labute approximate surface area is 156 Å². The Balaban J connectivity index is 2.02. The Morgan fingerprint density at radius 3 is 2.70 bits per heavy atom. The van der Waals surface area contributed by atoms with E-state index >= 15 is 0 Å². The van der Waals surface area contributed by atoms with Crippen molar-refractivity contribution in [3.05, 3.63) is 48.4 Å². The average Bonchev–Trinajstić information content (AvgIpc) is 3.31. The highest BCUT2D eigenvalue weighted by Gasteiger charge is 2.20. The first-order chi connectivity index (χ1) is 13.2. The minimum atomic E-state index is 0.562. The highest BCUT2D eigenvalue weighted by atomic mass is 16.5. The van der Waals surface area contributed by atoms with Gasteiger partial charge in [0.05, 0.1) is 17.9 Å². The van der Waals surface area contributed by atoms with Gasteiger partial charge >= 0.3 is 0 Å². The predicted octanol–water partition coefficient (Wildman–Crippen LogP) is 3.03. The van der Waals surface area contributed by atoms with E-state index in [0.29, 0.717) is 18.2 Å². The maximum Gasteiger partial charge on any atom is 0.185 e. The molecule has 3 heterocycles. The van der Waals surface area contributed by atoms with Gasteiger partial charge in [0, 0.05) is 6.42 Å². The molecule has 0 atom stereocenters. The first kappa shape index (κ1) is 17.1. The van der Waals surface area contributed by atoms with Gasteiger partial charge in [0.2, 0.25) is 0 Å². The van der Waals surface area contributed by atoms with Crippen molar-refractivity contribution in [1.29, 1.82) is 0 Å². The zero-order chi connectivity index (χ0) is 18.8. The lowest BCUT2D eigenvalue weighted by Gasteiger charge is -2.11. The number of hydrogen-bond acceptors (Lipinski definition) is 6. The van der Waals surface area contributed by atoms with Gasteiger partial charge in [0.15, 0.2) is 11.6 Å². The molecule has 0 aliphatic carbocycles. The number of imidazole rings is 1. The van der Waals surface area contributed by atoms with Crippen molar-refractivity contribution in [2.45, 2.75) is 33.6 Å². The second-order valence-corrected chi connectivity index (χ2v) is 6.15. The summed E-state index contributed by atoms with van der Waals surface area (Å²) >= 11 is 0. The van der Waals surface area contributed by atoms with Crippen molar-refractivity contribution in [2.24, 2.45) is 0 Å². The Morgan fingerprint density at radius 2 is 1.96 bits per heavy atom. The first-order valence-electron chi connectivity index (χ1n) is 9.06. The molecule has 1 aromatic carbocycles. The van der Waals surface area contributed by atoms with Crippen LogP contribution >= 0.6 is 0 Å². The third-order valence-electron chi connectivity index (χ3n) is 4.25. The van der Waals surface area contributed by atoms with E-state index in [1.54, 1.807) is 11.0 Å². The molecule has 4 aromatic rings. The van der Waals surface area contributed by atoms with Gasteiger partial charge in [-0.1, -0.05) is 19.1 Å². The molecule has 0 unspecified atom stereocenters. The van der Waals surface area contributed by atoms with Gasteiger partial charge in [-0.25, -0.2) is 24.1 Å². The number of aryl methyl sites for hydroxylation is 2. The van der Waals surface area contributed by atoms with Crippen LogP contribution < -0.4 is 4.74 Å². The molecular weight excluding hydrogens is 342 g/mol. The van der Waals surface area contributed by atoms with Gasteiger partial charge in [-0.15, -0.1) is 5.10 Å². The van der Waals surface area contributed by atoms with Gasteiger partial charge in [-0.2, -0.15) is 5.10 Å². The van der Waals surface area contributed by atoms with E-state index in [-0.39, 0.29) is 0 Å². The number of rotatable bonds is 6. The van der Waals surface area contributed by atoms with E-state index in [4.69, 9.17) is 19.8 Å². The van der Waals surface area contributed by atoms with E-state index < -0.39 is 0 Å². The molecule has 0 radical (unpaired) electrons. The summed E-state index contributed by atoms with van der Waals surface area (Å²) in [6.07, 6.45) is 4.93. The molecule has 0 amide bonds. The number of ether oxygens (including phenoxy) is 1. The molecule has 0 N–H and O–H groups in total. The van der Waals surface area contributed by atoms with E-state index in [9.17, 15) is 0 Å². The van der Waals surface area contributed by atoms with Crippen molar-refractivity contribution in [3.8, 4) is 23.0 Å². The molecular formula is C19H21N7O. The largest absolute Gasteiger partial charge is 0.493 e. The first-order valence-corrected chi connectivity index (χ1v) is 9.06. The maximum absolute atomic E-state index is 5.78. The normalized spacial score (nSPS) is 11.2. The lowest BCUT2D eigenvalue weighted by molar-refractivity contribution is 0.341. The summed E-state index contributed by atoms with van der Waals surface area (Å²) in [6, 6.07) is 7.77. The third kappa shape index (κ3) is 3.03. The van der Waals surface area contributed by atoms with Crippen LogP contribution in [0.25, 0.3) is 22.7 Å². The van der Waals surface area contributed by atoms with Crippen molar-refractivity contribution >= 4 is 5.52 Å². The molecule has 0 spiro atoms. The van der Waals surface area contributed by atoms with E-state index in [1.807, 2.05) is 42.6 Å². The number of nitrogens with zero attached hydrogens (tertiary/aromatic N) is 7. The quantitative estimate of drug-likeness (QED) is 0.524. The number of hydrogen-bond donors (Lipinski definition) is 0. The minimum Gasteiger partial charge on any atom is -0.493 e. The Bertz CT molecular complexity index is 1070. The van der Waals surface area contributed by atoms with Crippen LogP contribution in [0.3, 0.4) is 0 Å². The zero-order valence-electron chi connectivity index (χ0n) is 15.6. The monoisotopic (exact) mass is 363 g/mol. The molecule has 0 fully saturated rings. The van der Waals surface area contributed by atoms with Crippen molar-refractivity contribution in [1.82, 2.24) is 34.3 Å². The summed E-state index contributed by atoms with van der Waals surface area (Å²) in [6.45, 7) is 6.62. The molecule has 0 aliphatic rings. The van der Waals surface area contributed by atoms with Gasteiger partial charge < -0.3 is 4.74 Å². The zero-order valence-corrected chi connectivity index (χ0v) is 15.6. The molecule has 0 saturated heterocycles. The van der Waals surface area contributed by atoms with Crippen LogP contribution in [0.5, 0.6) is 5.75 Å². The molecule has 4 rings (SSSR count). The molecule has 8 heteroatoms. The fourth-order valence-electron chi connectivity index (χ4n) is 3.12. The summed E-state index contributed by atoms with van der Waals surface area (Å²) in [7, 11) is 0. The van der Waals surface area contributed by atoms with Gasteiger partial charge in [0.25, 0.3) is 0 Å². The summed E-state index contributed by atoms with van der Waals surface area (Å²) in [5.74, 6) is 2.87. The van der Waals surface area contributed by atoms with Gasteiger partial charge in [-0.05, 0) is 32.4 Å². The third-order valence-corrected chi connectivity index (χ3v) is 4.25. The van der Waals surface area contributed by atoms with E-state index in [0.717, 1.165) is 41.2 Å². The molecule has 0 saturated carbocycles. The van der Waals surface area contributed by atoms with Gasteiger partial charge in [0.1, 0.15) is 29.7 Å². The highest BCUT2D eigenvalue weighted by molar-refractivity contribution is 5.70. The van der Waals surface area contributed by atoms with E-state index in [1.165, 1.54) is 6.33 Å². The second-order valence-electron chi connectivity index (χ2n) is 6.15. The van der Waals surface area contributed by atoms with Crippen molar-refractivity contribution < 1.29 is 4.74 Å². The van der Waals surface area contributed by atoms with Crippen LogP contribution in [-0.2, 0) is 6.42 Å². The predicted molar refractivity (Wildman–Crippen MR) is 101 cm³/mol. The SMILES string of the molecule is CCCc1nc(C)c2c(-n3cncn3)nc(-c3ccccc3OCC)nn12. The smallest absolute Gasteiger partial charge is 0.185 e. The minimum absolute atomic E-state index is 0.562. The van der Waals surface area contributed by atoms with Crippen molar-refractivity contribution in [3.63, 3.8) is 0 Å². The Kier molecular flexibility index (Phi) is 4.53. The molecule has 138 valence electrons. The average molecular weight is 363 g/mol. The molecule has 8 nitrogen and oxygen atoms in total. The molecule has 27 heavy (non-hydrogen) atoms.